The van der Waals surface area contributed by atoms with Gasteiger partial charge < -0.3 is 9.64 Å². The van der Waals surface area contributed by atoms with E-state index in [4.69, 9.17) is 4.74 Å². The number of rotatable bonds is 5. The van der Waals surface area contributed by atoms with Gasteiger partial charge in [0.2, 0.25) is 11.0 Å². The number of carbonyl (C=O) groups is 2. The van der Waals surface area contributed by atoms with Crippen LogP contribution < -0.4 is 15.0 Å². The molecule has 2 amide bonds. The van der Waals surface area contributed by atoms with Crippen LogP contribution in [-0.4, -0.2) is 35.7 Å². The number of carbonyl (C=O) groups excluding carboxylic acids is 2. The third-order valence-corrected chi connectivity index (χ3v) is 6.27. The zero-order valence-corrected chi connectivity index (χ0v) is 17.8. The second-order valence-corrected chi connectivity index (χ2v) is 8.31. The molecule has 1 atom stereocenters. The molecule has 7 nitrogen and oxygen atoms in total. The molecule has 30 heavy (non-hydrogen) atoms. The van der Waals surface area contributed by atoms with Gasteiger partial charge in [0, 0.05) is 30.1 Å². The molecule has 2 aromatic carbocycles. The number of nitrogens with zero attached hydrogens (tertiary/aromatic N) is 3. The van der Waals surface area contributed by atoms with Crippen LogP contribution in [0, 0.1) is 13.8 Å². The normalized spacial score (nSPS) is 16.0. The lowest BCUT2D eigenvalue weighted by molar-refractivity contribution is -0.117. The van der Waals surface area contributed by atoms with Crippen LogP contribution in [0.2, 0.25) is 0 Å². The minimum absolute atomic E-state index is 0.0425. The first-order valence-electron chi connectivity index (χ1n) is 9.61. The molecule has 0 bridgehead atoms. The summed E-state index contributed by atoms with van der Waals surface area (Å²) in [6.45, 7) is 4.65. The highest BCUT2D eigenvalue weighted by Crippen LogP contribution is 2.34. The number of methoxy groups -OCH3 is 1. The van der Waals surface area contributed by atoms with Crippen molar-refractivity contribution in [2.75, 3.05) is 23.9 Å². The van der Waals surface area contributed by atoms with Crippen molar-refractivity contribution < 1.29 is 14.3 Å². The lowest BCUT2D eigenvalue weighted by atomic mass is 10.1. The number of ether oxygens (including phenoxy) is 1. The second kappa shape index (κ2) is 8.23. The Hall–Kier alpha value is -3.26. The first kappa shape index (κ1) is 20.0. The van der Waals surface area contributed by atoms with E-state index in [2.05, 4.69) is 22.4 Å². The summed E-state index contributed by atoms with van der Waals surface area (Å²) in [6, 6.07) is 12.9. The van der Waals surface area contributed by atoms with Crippen LogP contribution in [0.4, 0.5) is 10.8 Å². The fourth-order valence-electron chi connectivity index (χ4n) is 3.40. The highest BCUT2D eigenvalue weighted by Gasteiger charge is 2.34. The molecule has 1 fully saturated rings. The van der Waals surface area contributed by atoms with Crippen LogP contribution >= 0.6 is 11.3 Å². The topological polar surface area (TPSA) is 84.4 Å². The van der Waals surface area contributed by atoms with E-state index in [9.17, 15) is 9.59 Å². The predicted octanol–water partition coefficient (Wildman–Crippen LogP) is 3.94. The molecule has 8 heteroatoms. The number of nitrogens with one attached hydrogen (secondary N) is 1. The van der Waals surface area contributed by atoms with Gasteiger partial charge in [0.25, 0.3) is 5.91 Å². The summed E-state index contributed by atoms with van der Waals surface area (Å²) in [4.78, 5) is 26.9. The number of benzene rings is 2. The monoisotopic (exact) mass is 422 g/mol. The summed E-state index contributed by atoms with van der Waals surface area (Å²) in [5.41, 5.74) is 3.73. The molecule has 2 heterocycles. The van der Waals surface area contributed by atoms with Gasteiger partial charge in [0.1, 0.15) is 10.8 Å². The molecule has 1 N–H and O–H groups in total. The Kier molecular flexibility index (Phi) is 5.50. The highest BCUT2D eigenvalue weighted by atomic mass is 32.1. The Labute approximate surface area is 178 Å². The fourth-order valence-corrected chi connectivity index (χ4v) is 4.23. The van der Waals surface area contributed by atoms with E-state index in [0.717, 1.165) is 16.3 Å². The van der Waals surface area contributed by atoms with Crippen LogP contribution in [0.15, 0.2) is 42.5 Å². The molecule has 4 rings (SSSR count). The summed E-state index contributed by atoms with van der Waals surface area (Å²) >= 11 is 1.30. The van der Waals surface area contributed by atoms with Crippen molar-refractivity contribution >= 4 is 34.0 Å². The van der Waals surface area contributed by atoms with Crippen molar-refractivity contribution in [3.8, 4) is 5.75 Å². The Morgan fingerprint density at radius 3 is 2.77 bits per heavy atom. The van der Waals surface area contributed by atoms with Gasteiger partial charge in [-0.25, -0.2) is 0 Å². The third kappa shape index (κ3) is 4.04. The molecule has 1 aromatic heterocycles. The number of hydrogen-bond acceptors (Lipinski definition) is 6. The molecular weight excluding hydrogens is 400 g/mol. The molecular formula is C22H22N4O3S. The lowest BCUT2D eigenvalue weighted by Gasteiger charge is -2.17. The van der Waals surface area contributed by atoms with Crippen molar-refractivity contribution in [1.29, 1.82) is 0 Å². The number of anilines is 2. The molecule has 1 saturated heterocycles. The number of aryl methyl sites for hydroxylation is 2. The molecule has 0 radical (unpaired) electrons. The average molecular weight is 423 g/mol. The predicted molar refractivity (Wildman–Crippen MR) is 116 cm³/mol. The first-order chi connectivity index (χ1) is 14.4. The van der Waals surface area contributed by atoms with Crippen LogP contribution in [0.5, 0.6) is 5.75 Å². The maximum absolute atomic E-state index is 12.6. The van der Waals surface area contributed by atoms with Crippen LogP contribution in [-0.2, 0) is 4.79 Å². The third-order valence-electron chi connectivity index (χ3n) is 5.27. The maximum atomic E-state index is 12.6. The maximum Gasteiger partial charge on any atom is 0.257 e. The minimum Gasteiger partial charge on any atom is -0.497 e. The molecule has 154 valence electrons. The van der Waals surface area contributed by atoms with Gasteiger partial charge >= 0.3 is 0 Å². The van der Waals surface area contributed by atoms with Crippen molar-refractivity contribution in [3.63, 3.8) is 0 Å². The molecule has 0 saturated carbocycles. The quantitative estimate of drug-likeness (QED) is 0.673. The minimum atomic E-state index is -0.282. The summed E-state index contributed by atoms with van der Waals surface area (Å²) in [6.07, 6.45) is 0.380. The van der Waals surface area contributed by atoms with E-state index >= 15 is 0 Å². The first-order valence-corrected chi connectivity index (χ1v) is 10.4. The van der Waals surface area contributed by atoms with Gasteiger partial charge in [0.15, 0.2) is 0 Å². The number of aromatic nitrogens is 2. The Bertz CT molecular complexity index is 1110. The second-order valence-electron chi connectivity index (χ2n) is 7.31. The Morgan fingerprint density at radius 1 is 1.17 bits per heavy atom. The standard InChI is InChI=1S/C22H22N4O3S/c1-13-7-8-17(9-14(13)2)26-12-16(11-19(26)27)21-24-25-22(30-21)23-20(28)15-5-4-6-18(10-15)29-3/h4-10,16H,11-12H2,1-3H3,(H,23,25,28)/t16-/m0/s1. The van der Waals surface area contributed by atoms with Gasteiger partial charge in [-0.2, -0.15) is 0 Å². The van der Waals surface area contributed by atoms with Gasteiger partial charge in [-0.1, -0.05) is 23.5 Å². The fraction of sp³-hybridized carbons (Fsp3) is 0.273. The number of amides is 2. The summed E-state index contributed by atoms with van der Waals surface area (Å²) in [5.74, 6) is 0.354. The van der Waals surface area contributed by atoms with E-state index < -0.39 is 0 Å². The zero-order chi connectivity index (χ0) is 21.3. The van der Waals surface area contributed by atoms with E-state index in [1.807, 2.05) is 25.1 Å². The van der Waals surface area contributed by atoms with Crippen LogP contribution in [0.3, 0.4) is 0 Å². The Morgan fingerprint density at radius 2 is 2.00 bits per heavy atom. The largest absolute Gasteiger partial charge is 0.497 e. The van der Waals surface area contributed by atoms with Crippen LogP contribution in [0.25, 0.3) is 0 Å². The lowest BCUT2D eigenvalue weighted by Crippen LogP contribution is -2.24. The van der Waals surface area contributed by atoms with Gasteiger partial charge in [-0.3, -0.25) is 14.9 Å². The molecule has 0 spiro atoms. The summed E-state index contributed by atoms with van der Waals surface area (Å²) in [7, 11) is 1.55. The van der Waals surface area contributed by atoms with Crippen LogP contribution in [0.1, 0.15) is 38.8 Å². The summed E-state index contributed by atoms with van der Waals surface area (Å²) in [5, 5.41) is 12.2. The molecule has 3 aromatic rings. The number of hydrogen-bond donors (Lipinski definition) is 1. The smallest absolute Gasteiger partial charge is 0.257 e. The van der Waals surface area contributed by atoms with Crippen molar-refractivity contribution in [1.82, 2.24) is 10.2 Å². The average Bonchev–Trinajstić information content (AvgIpc) is 3.36. The highest BCUT2D eigenvalue weighted by molar-refractivity contribution is 7.15. The molecule has 1 aliphatic heterocycles. The van der Waals surface area contributed by atoms with Crippen molar-refractivity contribution in [3.05, 3.63) is 64.2 Å². The van der Waals surface area contributed by atoms with Gasteiger partial charge in [-0.15, -0.1) is 10.2 Å². The van der Waals surface area contributed by atoms with E-state index in [0.29, 0.717) is 29.4 Å². The SMILES string of the molecule is COc1cccc(C(=O)Nc2nnc([C@H]3CC(=O)N(c4ccc(C)c(C)c4)C3)s2)c1. The van der Waals surface area contributed by atoms with E-state index in [-0.39, 0.29) is 17.7 Å². The zero-order valence-electron chi connectivity index (χ0n) is 17.0. The molecule has 0 unspecified atom stereocenters. The van der Waals surface area contributed by atoms with Crippen molar-refractivity contribution in [2.24, 2.45) is 0 Å². The van der Waals surface area contributed by atoms with Gasteiger partial charge in [-0.05, 0) is 55.3 Å². The van der Waals surface area contributed by atoms with Gasteiger partial charge in [0.05, 0.1) is 7.11 Å². The van der Waals surface area contributed by atoms with E-state index in [1.165, 1.54) is 16.9 Å². The van der Waals surface area contributed by atoms with E-state index in [1.54, 1.807) is 36.3 Å². The Balaban J connectivity index is 1.45. The molecule has 0 aliphatic carbocycles. The summed E-state index contributed by atoms with van der Waals surface area (Å²) < 4.78 is 5.16. The molecule has 1 aliphatic rings. The van der Waals surface area contributed by atoms with Crippen molar-refractivity contribution in [2.45, 2.75) is 26.2 Å².